The second kappa shape index (κ2) is 7.76. The van der Waals surface area contributed by atoms with Crippen molar-refractivity contribution < 1.29 is 4.79 Å². The van der Waals surface area contributed by atoms with Crippen molar-refractivity contribution in [3.63, 3.8) is 0 Å². The lowest BCUT2D eigenvalue weighted by Crippen LogP contribution is -2.33. The summed E-state index contributed by atoms with van der Waals surface area (Å²) in [5.41, 5.74) is 9.26. The molecule has 0 saturated heterocycles. The van der Waals surface area contributed by atoms with Crippen LogP contribution in [0.25, 0.3) is 11.0 Å². The van der Waals surface area contributed by atoms with Gasteiger partial charge >= 0.3 is 0 Å². The van der Waals surface area contributed by atoms with Crippen LogP contribution in [0.4, 0.5) is 11.4 Å². The van der Waals surface area contributed by atoms with Crippen molar-refractivity contribution in [2.75, 3.05) is 24.7 Å². The van der Waals surface area contributed by atoms with Crippen LogP contribution < -0.4 is 21.5 Å². The molecule has 0 bridgehead atoms. The molecule has 4 N–H and O–H groups in total. The number of hydrogen-bond acceptors (Lipinski definition) is 5. The number of fused-ring (bicyclic) bond motifs is 1. The molecule has 1 aliphatic carbocycles. The number of carbonyl (C=O) groups is 1. The Morgan fingerprint density at radius 2 is 2.08 bits per heavy atom. The predicted octanol–water partition coefficient (Wildman–Crippen LogP) is 1.95. The van der Waals surface area contributed by atoms with E-state index in [-0.39, 0.29) is 17.9 Å². The highest BCUT2D eigenvalue weighted by molar-refractivity contribution is 5.86. The summed E-state index contributed by atoms with van der Waals surface area (Å²) < 4.78 is 0. The summed E-state index contributed by atoms with van der Waals surface area (Å²) in [5, 5.41) is 2.56. The highest BCUT2D eigenvalue weighted by atomic mass is 16.1. The molecule has 0 spiro atoms. The number of nitrogen functional groups attached to an aromatic ring is 1. The van der Waals surface area contributed by atoms with Gasteiger partial charge in [-0.1, -0.05) is 19.3 Å². The fraction of sp³-hybridized carbons (Fsp3) is 0.526. The maximum atomic E-state index is 12.2. The summed E-state index contributed by atoms with van der Waals surface area (Å²) in [4.78, 5) is 33.2. The van der Waals surface area contributed by atoms with Gasteiger partial charge in [-0.25, -0.2) is 4.98 Å². The van der Waals surface area contributed by atoms with Gasteiger partial charge in [-0.05, 0) is 25.0 Å². The van der Waals surface area contributed by atoms with Gasteiger partial charge in [-0.3, -0.25) is 9.59 Å². The second-order valence-electron chi connectivity index (χ2n) is 7.02. The van der Waals surface area contributed by atoms with Gasteiger partial charge in [0.15, 0.2) is 0 Å². The molecule has 3 rings (SSSR count). The summed E-state index contributed by atoms with van der Waals surface area (Å²) in [6.45, 7) is 0. The molecule has 1 saturated carbocycles. The zero-order valence-electron chi connectivity index (χ0n) is 15.5. The average molecular weight is 357 g/mol. The monoisotopic (exact) mass is 357 g/mol. The minimum absolute atomic E-state index is 0.110. The smallest absolute Gasteiger partial charge is 0.270 e. The van der Waals surface area contributed by atoms with Crippen molar-refractivity contribution in [1.82, 2.24) is 15.3 Å². The van der Waals surface area contributed by atoms with Gasteiger partial charge in [-0.2, -0.15) is 0 Å². The van der Waals surface area contributed by atoms with E-state index in [1.54, 1.807) is 13.1 Å². The molecule has 0 aliphatic heterocycles. The number of benzene rings is 1. The van der Waals surface area contributed by atoms with Crippen LogP contribution in [0.3, 0.4) is 0 Å². The van der Waals surface area contributed by atoms with E-state index in [0.29, 0.717) is 34.9 Å². The van der Waals surface area contributed by atoms with Gasteiger partial charge in [-0.15, -0.1) is 0 Å². The Labute approximate surface area is 153 Å². The van der Waals surface area contributed by atoms with Crippen molar-refractivity contribution in [2.24, 2.45) is 0 Å². The molecule has 140 valence electrons. The third-order valence-corrected chi connectivity index (χ3v) is 5.28. The van der Waals surface area contributed by atoms with Gasteiger partial charge in [0, 0.05) is 33.0 Å². The first kappa shape index (κ1) is 18.2. The number of aryl methyl sites for hydroxylation is 1. The lowest BCUT2D eigenvalue weighted by molar-refractivity contribution is -0.120. The zero-order chi connectivity index (χ0) is 18.7. The number of aromatic amines is 1. The number of nitrogens with two attached hydrogens (primary N) is 1. The van der Waals surface area contributed by atoms with E-state index in [4.69, 9.17) is 5.73 Å². The first-order valence-electron chi connectivity index (χ1n) is 9.25. The molecular weight excluding hydrogens is 330 g/mol. The Balaban J connectivity index is 1.93. The van der Waals surface area contributed by atoms with E-state index in [2.05, 4.69) is 27.2 Å². The molecule has 1 aromatic carbocycles. The van der Waals surface area contributed by atoms with Crippen LogP contribution in [0.15, 0.2) is 16.9 Å². The van der Waals surface area contributed by atoms with Crippen molar-refractivity contribution >= 4 is 28.3 Å². The maximum absolute atomic E-state index is 12.2. The topological polar surface area (TPSA) is 104 Å². The number of aromatic nitrogens is 2. The first-order chi connectivity index (χ1) is 12.5. The lowest BCUT2D eigenvalue weighted by Gasteiger charge is -2.33. The SMILES string of the molecule is CNC(=O)CCc1nc2cc(N(C)C3CCCCC3)c(N)cc2[nH]c1=O. The van der Waals surface area contributed by atoms with E-state index in [0.717, 1.165) is 5.69 Å². The van der Waals surface area contributed by atoms with Crippen LogP contribution in [0, 0.1) is 0 Å². The average Bonchev–Trinajstić information content (AvgIpc) is 2.66. The molecule has 0 atom stereocenters. The number of nitrogens with zero attached hydrogens (tertiary/aromatic N) is 2. The molecule has 1 heterocycles. The van der Waals surface area contributed by atoms with E-state index >= 15 is 0 Å². The van der Waals surface area contributed by atoms with E-state index in [9.17, 15) is 9.59 Å². The van der Waals surface area contributed by atoms with Gasteiger partial charge in [0.25, 0.3) is 5.56 Å². The van der Waals surface area contributed by atoms with Crippen molar-refractivity contribution in [3.05, 3.63) is 28.2 Å². The molecule has 0 radical (unpaired) electrons. The van der Waals surface area contributed by atoms with Crippen molar-refractivity contribution in [3.8, 4) is 0 Å². The van der Waals surface area contributed by atoms with E-state index in [1.165, 1.54) is 32.1 Å². The molecule has 2 aromatic rings. The number of anilines is 2. The fourth-order valence-corrected chi connectivity index (χ4v) is 3.67. The second-order valence-corrected chi connectivity index (χ2v) is 7.02. The fourth-order valence-electron chi connectivity index (χ4n) is 3.67. The molecule has 7 heteroatoms. The number of hydrogen-bond donors (Lipinski definition) is 3. The summed E-state index contributed by atoms with van der Waals surface area (Å²) in [7, 11) is 3.65. The van der Waals surface area contributed by atoms with Gasteiger partial charge in [0.2, 0.25) is 5.91 Å². The minimum atomic E-state index is -0.269. The molecule has 1 fully saturated rings. The molecule has 1 aliphatic rings. The third-order valence-electron chi connectivity index (χ3n) is 5.28. The van der Waals surface area contributed by atoms with E-state index < -0.39 is 0 Å². The normalized spacial score (nSPS) is 15.2. The van der Waals surface area contributed by atoms with Crippen LogP contribution in [0.1, 0.15) is 44.2 Å². The summed E-state index contributed by atoms with van der Waals surface area (Å²) in [6, 6.07) is 4.21. The summed E-state index contributed by atoms with van der Waals surface area (Å²) in [5.74, 6) is -0.110. The third kappa shape index (κ3) is 3.81. The van der Waals surface area contributed by atoms with Crippen LogP contribution in [0.5, 0.6) is 0 Å². The van der Waals surface area contributed by atoms with Gasteiger partial charge in [0.1, 0.15) is 5.69 Å². The zero-order valence-corrected chi connectivity index (χ0v) is 15.5. The summed E-state index contributed by atoms with van der Waals surface area (Å²) >= 11 is 0. The molecule has 26 heavy (non-hydrogen) atoms. The molecule has 7 nitrogen and oxygen atoms in total. The number of H-pyrrole nitrogens is 1. The molecule has 1 aromatic heterocycles. The standard InChI is InChI=1S/C19H27N5O2/c1-21-18(25)9-8-14-19(26)23-15-10-13(20)17(11-16(15)22-14)24(2)12-6-4-3-5-7-12/h10-12H,3-9,20H2,1-2H3,(H,21,25)(H,23,26). The molecule has 0 unspecified atom stereocenters. The van der Waals surface area contributed by atoms with Gasteiger partial charge in [0.05, 0.1) is 22.4 Å². The molecular formula is C19H27N5O2. The largest absolute Gasteiger partial charge is 0.397 e. The van der Waals surface area contributed by atoms with Crippen molar-refractivity contribution in [1.29, 1.82) is 0 Å². The Morgan fingerprint density at radius 1 is 1.35 bits per heavy atom. The van der Waals surface area contributed by atoms with Gasteiger partial charge < -0.3 is 20.9 Å². The Hall–Kier alpha value is -2.57. The molecule has 1 amide bonds. The number of rotatable bonds is 5. The Morgan fingerprint density at radius 3 is 2.77 bits per heavy atom. The Kier molecular flexibility index (Phi) is 5.44. The minimum Gasteiger partial charge on any atom is -0.397 e. The lowest BCUT2D eigenvalue weighted by atomic mass is 9.94. The number of nitrogens with one attached hydrogen (secondary N) is 2. The van der Waals surface area contributed by atoms with Crippen LogP contribution >= 0.6 is 0 Å². The summed E-state index contributed by atoms with van der Waals surface area (Å²) in [6.07, 6.45) is 6.68. The van der Waals surface area contributed by atoms with Crippen LogP contribution in [-0.2, 0) is 11.2 Å². The number of carbonyl (C=O) groups excluding carboxylic acids is 1. The van der Waals surface area contributed by atoms with Crippen LogP contribution in [-0.4, -0.2) is 36.0 Å². The Bertz CT molecular complexity index is 855. The maximum Gasteiger partial charge on any atom is 0.270 e. The van der Waals surface area contributed by atoms with E-state index in [1.807, 2.05) is 6.07 Å². The van der Waals surface area contributed by atoms with Crippen LogP contribution in [0.2, 0.25) is 0 Å². The quantitative estimate of drug-likeness (QED) is 0.710. The highest BCUT2D eigenvalue weighted by Crippen LogP contribution is 2.32. The number of amides is 1. The first-order valence-corrected chi connectivity index (χ1v) is 9.25. The highest BCUT2D eigenvalue weighted by Gasteiger charge is 2.20. The van der Waals surface area contributed by atoms with Crippen molar-refractivity contribution in [2.45, 2.75) is 51.0 Å². The predicted molar refractivity (Wildman–Crippen MR) is 104 cm³/mol.